The van der Waals surface area contributed by atoms with Gasteiger partial charge in [0.05, 0.1) is 22.7 Å². The highest BCUT2D eigenvalue weighted by atomic mass is 35.5. The Hall–Kier alpha value is -2.40. The Morgan fingerprint density at radius 2 is 2.12 bits per heavy atom. The number of benzene rings is 1. The predicted octanol–water partition coefficient (Wildman–Crippen LogP) is 2.97. The molecule has 1 aromatic heterocycles. The smallest absolute Gasteiger partial charge is 0.227 e. The van der Waals surface area contributed by atoms with Crippen molar-refractivity contribution >= 4 is 29.1 Å². The lowest BCUT2D eigenvalue weighted by atomic mass is 10.1. The van der Waals surface area contributed by atoms with Crippen molar-refractivity contribution in [3.8, 4) is 0 Å². The lowest BCUT2D eigenvalue weighted by Gasteiger charge is -2.19. The van der Waals surface area contributed by atoms with Gasteiger partial charge < -0.3 is 10.2 Å². The zero-order valence-electron chi connectivity index (χ0n) is 13.3. The number of pyridine rings is 1. The molecule has 1 aliphatic rings. The van der Waals surface area contributed by atoms with E-state index in [0.29, 0.717) is 17.3 Å². The highest BCUT2D eigenvalue weighted by Crippen LogP contribution is 2.31. The number of rotatable bonds is 4. The number of aromatic nitrogens is 1. The van der Waals surface area contributed by atoms with Crippen molar-refractivity contribution < 1.29 is 9.59 Å². The summed E-state index contributed by atoms with van der Waals surface area (Å²) in [4.78, 5) is 30.4. The van der Waals surface area contributed by atoms with Gasteiger partial charge in [-0.3, -0.25) is 14.6 Å². The molecule has 2 aromatic rings. The van der Waals surface area contributed by atoms with Crippen LogP contribution in [0, 0.1) is 5.92 Å². The van der Waals surface area contributed by atoms with Crippen molar-refractivity contribution in [1.82, 2.24) is 10.3 Å². The van der Waals surface area contributed by atoms with Gasteiger partial charge in [0, 0.05) is 25.4 Å². The molecule has 5 nitrogen and oxygen atoms in total. The van der Waals surface area contributed by atoms with Crippen LogP contribution in [0.2, 0.25) is 5.02 Å². The van der Waals surface area contributed by atoms with Crippen molar-refractivity contribution in [3.05, 3.63) is 59.4 Å². The van der Waals surface area contributed by atoms with E-state index in [9.17, 15) is 9.59 Å². The topological polar surface area (TPSA) is 62.3 Å². The van der Waals surface area contributed by atoms with Crippen molar-refractivity contribution in [3.63, 3.8) is 0 Å². The lowest BCUT2D eigenvalue weighted by Crippen LogP contribution is -2.34. The Kier molecular flexibility index (Phi) is 4.81. The molecule has 1 aliphatic heterocycles. The quantitative estimate of drug-likeness (QED) is 0.928. The number of anilines is 1. The lowest BCUT2D eigenvalue weighted by molar-refractivity contribution is -0.126. The second-order valence-electron chi connectivity index (χ2n) is 5.87. The van der Waals surface area contributed by atoms with E-state index >= 15 is 0 Å². The van der Waals surface area contributed by atoms with Gasteiger partial charge in [-0.15, -0.1) is 0 Å². The van der Waals surface area contributed by atoms with E-state index in [-0.39, 0.29) is 30.2 Å². The first-order valence-electron chi connectivity index (χ1n) is 7.81. The van der Waals surface area contributed by atoms with Gasteiger partial charge in [-0.1, -0.05) is 29.8 Å². The number of hydrogen-bond donors (Lipinski definition) is 1. The van der Waals surface area contributed by atoms with Crippen LogP contribution in [-0.2, 0) is 9.59 Å². The third kappa shape index (κ3) is 3.41. The Morgan fingerprint density at radius 3 is 2.83 bits per heavy atom. The van der Waals surface area contributed by atoms with Crippen LogP contribution in [0.5, 0.6) is 0 Å². The monoisotopic (exact) mass is 343 g/mol. The number of carbonyl (C=O) groups is 2. The number of para-hydroxylation sites is 1. The zero-order chi connectivity index (χ0) is 17.1. The van der Waals surface area contributed by atoms with E-state index in [1.54, 1.807) is 29.4 Å². The number of carbonyl (C=O) groups excluding carboxylic acids is 2. The van der Waals surface area contributed by atoms with E-state index in [4.69, 9.17) is 11.6 Å². The minimum absolute atomic E-state index is 0.0859. The molecule has 0 unspecified atom stereocenters. The summed E-state index contributed by atoms with van der Waals surface area (Å²) >= 11 is 6.16. The van der Waals surface area contributed by atoms with Crippen molar-refractivity contribution in [2.45, 2.75) is 19.4 Å². The summed E-state index contributed by atoms with van der Waals surface area (Å²) in [6.07, 6.45) is 3.60. The third-order valence-electron chi connectivity index (χ3n) is 4.18. The summed E-state index contributed by atoms with van der Waals surface area (Å²) in [5.41, 5.74) is 1.58. The van der Waals surface area contributed by atoms with Crippen molar-refractivity contribution in [2.24, 2.45) is 5.92 Å². The van der Waals surface area contributed by atoms with Crippen LogP contribution in [-0.4, -0.2) is 23.3 Å². The van der Waals surface area contributed by atoms with E-state index < -0.39 is 0 Å². The molecule has 0 saturated carbocycles. The molecule has 24 heavy (non-hydrogen) atoms. The number of nitrogens with zero attached hydrogens (tertiary/aromatic N) is 2. The first kappa shape index (κ1) is 16.5. The predicted molar refractivity (Wildman–Crippen MR) is 92.7 cm³/mol. The van der Waals surface area contributed by atoms with Crippen molar-refractivity contribution in [1.29, 1.82) is 0 Å². The average molecular weight is 344 g/mol. The normalized spacial score (nSPS) is 18.5. The molecule has 2 atom stereocenters. The van der Waals surface area contributed by atoms with Gasteiger partial charge in [-0.25, -0.2) is 0 Å². The van der Waals surface area contributed by atoms with Gasteiger partial charge in [0.1, 0.15) is 0 Å². The molecule has 2 heterocycles. The third-order valence-corrected chi connectivity index (χ3v) is 4.50. The Morgan fingerprint density at radius 1 is 1.33 bits per heavy atom. The molecule has 1 N–H and O–H groups in total. The van der Waals surface area contributed by atoms with Crippen LogP contribution < -0.4 is 10.2 Å². The molecule has 1 aromatic carbocycles. The molecule has 1 saturated heterocycles. The maximum atomic E-state index is 12.5. The van der Waals surface area contributed by atoms with Gasteiger partial charge in [-0.2, -0.15) is 0 Å². The fourth-order valence-corrected chi connectivity index (χ4v) is 3.07. The van der Waals surface area contributed by atoms with Gasteiger partial charge in [0.25, 0.3) is 0 Å². The first-order valence-corrected chi connectivity index (χ1v) is 8.19. The largest absolute Gasteiger partial charge is 0.349 e. The molecule has 1 fully saturated rings. The summed E-state index contributed by atoms with van der Waals surface area (Å²) in [6.45, 7) is 2.24. The van der Waals surface area contributed by atoms with E-state index in [1.165, 1.54) is 0 Å². The summed E-state index contributed by atoms with van der Waals surface area (Å²) in [5, 5.41) is 3.46. The molecular formula is C18H18ClN3O2. The molecule has 0 bridgehead atoms. The second-order valence-corrected chi connectivity index (χ2v) is 6.28. The molecule has 2 amide bonds. The Balaban J connectivity index is 1.67. The second kappa shape index (κ2) is 7.01. The molecule has 3 rings (SSSR count). The molecule has 0 radical (unpaired) electrons. The van der Waals surface area contributed by atoms with Crippen molar-refractivity contribution in [2.75, 3.05) is 11.4 Å². The highest BCUT2D eigenvalue weighted by Gasteiger charge is 2.36. The fraction of sp³-hybridized carbons (Fsp3) is 0.278. The van der Waals surface area contributed by atoms with Gasteiger partial charge in [0.15, 0.2) is 0 Å². The van der Waals surface area contributed by atoms with Crippen LogP contribution in [0.3, 0.4) is 0 Å². The maximum Gasteiger partial charge on any atom is 0.227 e. The number of amides is 2. The molecule has 0 aliphatic carbocycles. The molecular weight excluding hydrogens is 326 g/mol. The molecule has 124 valence electrons. The minimum atomic E-state index is -0.382. The number of nitrogens with one attached hydrogen (secondary N) is 1. The Bertz CT molecular complexity index is 751. The van der Waals surface area contributed by atoms with Crippen LogP contribution >= 0.6 is 11.6 Å². The van der Waals surface area contributed by atoms with Crippen LogP contribution in [0.1, 0.15) is 24.9 Å². The summed E-state index contributed by atoms with van der Waals surface area (Å²) in [7, 11) is 0. The van der Waals surface area contributed by atoms with Crippen LogP contribution in [0.4, 0.5) is 5.69 Å². The average Bonchev–Trinajstić information content (AvgIpc) is 2.98. The number of hydrogen-bond acceptors (Lipinski definition) is 3. The standard InChI is InChI=1S/C18H18ClN3O2/c1-12(13-5-4-8-20-10-13)21-18(24)14-9-17(23)22(11-14)16-7-3-2-6-15(16)19/h2-8,10,12,14H,9,11H2,1H3,(H,21,24)/t12-,14+/m1/s1. The maximum absolute atomic E-state index is 12.5. The molecule has 0 spiro atoms. The van der Waals surface area contributed by atoms with E-state index in [0.717, 1.165) is 5.56 Å². The SMILES string of the molecule is C[C@@H](NC(=O)[C@H]1CC(=O)N(c2ccccc2Cl)C1)c1cccnc1. The van der Waals surface area contributed by atoms with E-state index in [1.807, 2.05) is 31.2 Å². The molecule has 6 heteroatoms. The minimum Gasteiger partial charge on any atom is -0.349 e. The van der Waals surface area contributed by atoms with Gasteiger partial charge >= 0.3 is 0 Å². The fourth-order valence-electron chi connectivity index (χ4n) is 2.83. The highest BCUT2D eigenvalue weighted by molar-refractivity contribution is 6.33. The van der Waals surface area contributed by atoms with Crippen LogP contribution in [0.15, 0.2) is 48.8 Å². The van der Waals surface area contributed by atoms with E-state index in [2.05, 4.69) is 10.3 Å². The zero-order valence-corrected chi connectivity index (χ0v) is 14.0. The van der Waals surface area contributed by atoms with Gasteiger partial charge in [0.2, 0.25) is 11.8 Å². The van der Waals surface area contributed by atoms with Gasteiger partial charge in [-0.05, 0) is 30.7 Å². The summed E-state index contributed by atoms with van der Waals surface area (Å²) < 4.78 is 0. The van der Waals surface area contributed by atoms with Crippen LogP contribution in [0.25, 0.3) is 0 Å². The first-order chi connectivity index (χ1) is 11.6. The number of halogens is 1. The Labute approximate surface area is 145 Å². The summed E-state index contributed by atoms with van der Waals surface area (Å²) in [5.74, 6) is -0.598. The summed E-state index contributed by atoms with van der Waals surface area (Å²) in [6, 6.07) is 10.7.